The number of thioether (sulfide) groups is 1. The van der Waals surface area contributed by atoms with Crippen molar-refractivity contribution >= 4 is 188 Å². The first-order valence-electron chi connectivity index (χ1n) is 19.0. The molecule has 0 atom stereocenters. The zero-order valence-electron chi connectivity index (χ0n) is 35.0. The Hall–Kier alpha value is -4.89. The number of rotatable bonds is 18. The standard InChI is InChI=1S/C35H35Cl2N13O3S6.2O3S/c1-5-49(6-2)19-9-11-23(43-45-29-27-21(36)17-55-31(27)47-57-29)25(15-19)38-33-40-34(42-35(41-33)54-13-14-59(51,52)53)39-26-16-20(50(7-3)8-4)10-12-24(26)44-46-30-28-22(37)18-56-32(28)48-58-30;2*1-4(2)3/h9-12,15-18H,5-8,13-14H2,1-4H3,(H,51,52,53)(H2,38,39,40,41,42);;. The van der Waals surface area contributed by atoms with Gasteiger partial charge in [0, 0.05) is 54.1 Å². The molecule has 32 heteroatoms. The summed E-state index contributed by atoms with van der Waals surface area (Å²) in [5, 5.41) is 32.5. The molecule has 0 bridgehead atoms. The van der Waals surface area contributed by atoms with Gasteiger partial charge in [-0.2, -0.15) is 32.1 Å². The minimum Gasteiger partial charge on any atom is -0.372 e. The average molecular weight is 1110 g/mol. The van der Waals surface area contributed by atoms with Crippen molar-refractivity contribution in [1.82, 2.24) is 23.7 Å². The lowest BCUT2D eigenvalue weighted by molar-refractivity contribution is 0.485. The Labute approximate surface area is 415 Å². The van der Waals surface area contributed by atoms with Crippen molar-refractivity contribution in [1.29, 1.82) is 0 Å². The molecule has 7 rings (SSSR count). The second-order valence-corrected chi connectivity index (χ2v) is 20.2. The number of fused-ring (bicyclic) bond motifs is 2. The summed E-state index contributed by atoms with van der Waals surface area (Å²) in [5.41, 5.74) is 3.92. The lowest BCUT2D eigenvalue weighted by atomic mass is 10.2. The number of benzene rings is 2. The zero-order chi connectivity index (χ0) is 48.8. The van der Waals surface area contributed by atoms with Gasteiger partial charge in [0.15, 0.2) is 15.2 Å². The quantitative estimate of drug-likeness (QED) is 0.0408. The molecular weight excluding hydrogens is 1070 g/mol. The van der Waals surface area contributed by atoms with Crippen LogP contribution in [-0.4, -0.2) is 99.6 Å². The molecule has 0 saturated heterocycles. The minimum absolute atomic E-state index is 0.0154. The molecule has 0 aliphatic heterocycles. The summed E-state index contributed by atoms with van der Waals surface area (Å²) in [4.78, 5) is 20.0. The van der Waals surface area contributed by atoms with Crippen molar-refractivity contribution in [2.45, 2.75) is 32.9 Å². The van der Waals surface area contributed by atoms with Gasteiger partial charge in [-0.15, -0.1) is 68.4 Å². The normalized spacial score (nSPS) is 11.4. The van der Waals surface area contributed by atoms with Gasteiger partial charge in [-0.1, -0.05) is 35.0 Å². The topological polar surface area (TPSA) is 301 Å². The molecule has 0 unspecified atom stereocenters. The molecule has 5 aromatic heterocycles. The highest BCUT2D eigenvalue weighted by Gasteiger charge is 2.18. The molecule has 0 amide bonds. The first-order valence-corrected chi connectivity index (χ1v) is 27.7. The molecule has 356 valence electrons. The largest absolute Gasteiger partial charge is 0.425 e. The number of nitrogens with zero attached hydrogens (tertiary/aromatic N) is 11. The van der Waals surface area contributed by atoms with Crippen molar-refractivity contribution in [2.75, 3.05) is 58.1 Å². The third kappa shape index (κ3) is 15.3. The van der Waals surface area contributed by atoms with E-state index in [1.165, 1.54) is 45.7 Å². The number of azo groups is 2. The fourth-order valence-corrected chi connectivity index (χ4v) is 11.6. The van der Waals surface area contributed by atoms with E-state index in [4.69, 9.17) is 53.4 Å². The van der Waals surface area contributed by atoms with Crippen molar-refractivity contribution in [3.8, 4) is 0 Å². The first kappa shape index (κ1) is 53.1. The Morgan fingerprint density at radius 3 is 1.45 bits per heavy atom. The maximum atomic E-state index is 11.6. The number of aromatic nitrogens is 5. The van der Waals surface area contributed by atoms with Gasteiger partial charge in [-0.05, 0) is 87.2 Å². The van der Waals surface area contributed by atoms with Gasteiger partial charge in [0.25, 0.3) is 10.1 Å². The summed E-state index contributed by atoms with van der Waals surface area (Å²) in [7, 11) is -10.5. The van der Waals surface area contributed by atoms with Crippen molar-refractivity contribution in [3.63, 3.8) is 0 Å². The third-order valence-corrected chi connectivity index (χ3v) is 14.8. The van der Waals surface area contributed by atoms with Gasteiger partial charge in [0.05, 0.1) is 37.9 Å². The SMILES string of the molecule is CCN(CC)c1ccc(N=Nc2snc3scc(Cl)c23)c(Nc2nc(Nc3cc(N(CC)CC)ccc3N=Nc3snc4scc(Cl)c34)nc(SCCS(=O)(=O)O)n2)c1.O=S(=O)=O.O=S(=O)=O. The van der Waals surface area contributed by atoms with Crippen LogP contribution in [-0.2, 0) is 31.3 Å². The Morgan fingerprint density at radius 2 is 1.07 bits per heavy atom. The van der Waals surface area contributed by atoms with Gasteiger partial charge >= 0.3 is 21.2 Å². The number of anilines is 6. The van der Waals surface area contributed by atoms with Crippen LogP contribution in [0.3, 0.4) is 0 Å². The number of thiophene rings is 2. The smallest absolute Gasteiger partial charge is 0.372 e. The summed E-state index contributed by atoms with van der Waals surface area (Å²) in [6.45, 7) is 11.3. The average Bonchev–Trinajstić information content (AvgIpc) is 4.05. The van der Waals surface area contributed by atoms with E-state index in [2.05, 4.69) is 87.3 Å². The fourth-order valence-electron chi connectivity index (χ4n) is 5.78. The van der Waals surface area contributed by atoms with Crippen LogP contribution < -0.4 is 20.4 Å². The lowest BCUT2D eigenvalue weighted by Crippen LogP contribution is -2.21. The van der Waals surface area contributed by atoms with E-state index < -0.39 is 37.1 Å². The van der Waals surface area contributed by atoms with Gasteiger partial charge in [-0.25, -0.2) is 0 Å². The highest BCUT2D eigenvalue weighted by atomic mass is 35.5. The van der Waals surface area contributed by atoms with E-state index in [-0.39, 0.29) is 22.8 Å². The van der Waals surface area contributed by atoms with E-state index >= 15 is 0 Å². The highest BCUT2D eigenvalue weighted by molar-refractivity contribution is 8.00. The summed E-state index contributed by atoms with van der Waals surface area (Å²) in [6.07, 6.45) is 0. The van der Waals surface area contributed by atoms with E-state index in [0.717, 1.165) is 69.7 Å². The molecule has 7 aromatic rings. The monoisotopic (exact) mass is 1110 g/mol. The summed E-state index contributed by atoms with van der Waals surface area (Å²) >= 11 is 19.2. The predicted molar refractivity (Wildman–Crippen MR) is 266 cm³/mol. The van der Waals surface area contributed by atoms with Crippen molar-refractivity contribution < 1.29 is 38.2 Å². The second-order valence-electron chi connectivity index (χ2n) is 12.7. The summed E-state index contributed by atoms with van der Waals surface area (Å²) in [5.74, 6) is -0.250. The van der Waals surface area contributed by atoms with Gasteiger partial charge in [0.1, 0.15) is 21.0 Å². The van der Waals surface area contributed by atoms with Crippen LogP contribution in [0.15, 0.2) is 72.8 Å². The van der Waals surface area contributed by atoms with Crippen LogP contribution in [0.2, 0.25) is 10.0 Å². The Kier molecular flexibility index (Phi) is 19.7. The molecule has 67 heavy (non-hydrogen) atoms. The second kappa shape index (κ2) is 24.9. The van der Waals surface area contributed by atoms with Crippen LogP contribution >= 0.6 is 80.7 Å². The molecule has 22 nitrogen and oxygen atoms in total. The van der Waals surface area contributed by atoms with E-state index in [0.29, 0.717) is 42.8 Å². The molecular formula is C35H35Cl2N13O9S8. The molecule has 5 heterocycles. The molecule has 0 aliphatic rings. The van der Waals surface area contributed by atoms with E-state index in [1.54, 1.807) is 0 Å². The summed E-state index contributed by atoms with van der Waals surface area (Å²) < 4.78 is 92.3. The zero-order valence-corrected chi connectivity index (χ0v) is 43.1. The van der Waals surface area contributed by atoms with Crippen LogP contribution in [0.1, 0.15) is 27.7 Å². The maximum Gasteiger partial charge on any atom is 0.425 e. The molecule has 0 aliphatic carbocycles. The number of halogens is 2. The Morgan fingerprint density at radius 1 is 0.672 bits per heavy atom. The minimum atomic E-state index is -4.24. The highest BCUT2D eigenvalue weighted by Crippen LogP contribution is 2.43. The van der Waals surface area contributed by atoms with Crippen molar-refractivity contribution in [3.05, 3.63) is 57.2 Å². The predicted octanol–water partition coefficient (Wildman–Crippen LogP) is 10.5. The van der Waals surface area contributed by atoms with Gasteiger partial charge < -0.3 is 20.4 Å². The van der Waals surface area contributed by atoms with Gasteiger partial charge in [-0.3, -0.25) is 4.55 Å². The lowest BCUT2D eigenvalue weighted by Gasteiger charge is -2.22. The van der Waals surface area contributed by atoms with Crippen LogP contribution in [0, 0.1) is 0 Å². The molecule has 0 fully saturated rings. The maximum absolute atomic E-state index is 11.6. The number of hydrogen-bond donors (Lipinski definition) is 3. The van der Waals surface area contributed by atoms with Crippen LogP contribution in [0.25, 0.3) is 20.4 Å². The molecule has 0 saturated carbocycles. The summed E-state index contributed by atoms with van der Waals surface area (Å²) in [6, 6.07) is 11.5. The first-order chi connectivity index (χ1) is 31.9. The third-order valence-electron chi connectivity index (χ3n) is 8.71. The molecule has 3 N–H and O–H groups in total. The van der Waals surface area contributed by atoms with Crippen molar-refractivity contribution in [2.24, 2.45) is 20.5 Å². The molecule has 0 spiro atoms. The van der Waals surface area contributed by atoms with E-state index in [1.807, 2.05) is 47.2 Å². The van der Waals surface area contributed by atoms with E-state index in [9.17, 15) is 13.0 Å². The molecule has 0 radical (unpaired) electrons. The Balaban J connectivity index is 0.000000973. The van der Waals surface area contributed by atoms with Crippen LogP contribution in [0.4, 0.5) is 56.0 Å². The van der Waals surface area contributed by atoms with Crippen LogP contribution in [0.5, 0.6) is 0 Å². The van der Waals surface area contributed by atoms with Gasteiger partial charge in [0.2, 0.25) is 11.9 Å². The Bertz CT molecular complexity index is 3050. The number of hydrogen-bond acceptors (Lipinski definition) is 26. The number of nitrogens with one attached hydrogen (secondary N) is 2. The molecule has 2 aromatic carbocycles. The fraction of sp³-hybridized carbons (Fsp3) is 0.286.